The van der Waals surface area contributed by atoms with Gasteiger partial charge in [-0.05, 0) is 0 Å². The zero-order chi connectivity index (χ0) is 14.3. The van der Waals surface area contributed by atoms with Gasteiger partial charge in [-0.25, -0.2) is 0 Å². The van der Waals surface area contributed by atoms with Crippen molar-refractivity contribution in [2.75, 3.05) is 0 Å². The van der Waals surface area contributed by atoms with Crippen molar-refractivity contribution < 1.29 is 47.6 Å². The van der Waals surface area contributed by atoms with Crippen LogP contribution in [-0.2, 0) is 27.2 Å². The van der Waals surface area contributed by atoms with Gasteiger partial charge in [0.05, 0.1) is 0 Å². The Morgan fingerprint density at radius 3 is 0.474 bits per heavy atom. The average molecular weight is 325 g/mol. The van der Waals surface area contributed by atoms with E-state index in [-0.39, 0.29) is 50.2 Å². The number of rotatable bonds is 0. The van der Waals surface area contributed by atoms with E-state index in [1.54, 1.807) is 55.4 Å². The SMILES string of the molecule is CC(C)[O-].CC(C)[O-].CC(C)[O-].CC(C)[O-].[Mg+2].[O-2].[Ti+4]. The minimum atomic E-state index is -0.417. The van der Waals surface area contributed by atoms with Gasteiger partial charge in [0.1, 0.15) is 0 Å². The fourth-order valence-electron chi connectivity index (χ4n) is 0. The molecule has 0 aliphatic heterocycles. The molecule has 0 heterocycles. The second-order valence-corrected chi connectivity index (χ2v) is 4.20. The van der Waals surface area contributed by atoms with E-state index in [0.717, 1.165) is 0 Å². The Balaban J connectivity index is -0.0000000192. The maximum atomic E-state index is 9.53. The first-order chi connectivity index (χ1) is 6.93. The van der Waals surface area contributed by atoms with Crippen LogP contribution in [0.2, 0.25) is 0 Å². The minimum absolute atomic E-state index is 0. The molecule has 0 spiro atoms. The Morgan fingerprint density at radius 1 is 0.474 bits per heavy atom. The van der Waals surface area contributed by atoms with Gasteiger partial charge in [-0.2, -0.15) is 0 Å². The quantitative estimate of drug-likeness (QED) is 0.504. The van der Waals surface area contributed by atoms with E-state index in [9.17, 15) is 20.4 Å². The summed E-state index contributed by atoms with van der Waals surface area (Å²) >= 11 is 0. The van der Waals surface area contributed by atoms with Gasteiger partial charge in [-0.3, -0.25) is 0 Å². The van der Waals surface area contributed by atoms with Gasteiger partial charge >= 0.3 is 44.8 Å². The molecule has 0 fully saturated rings. The van der Waals surface area contributed by atoms with E-state index in [4.69, 9.17) is 0 Å². The van der Waals surface area contributed by atoms with Crippen LogP contribution in [0.25, 0.3) is 0 Å². The summed E-state index contributed by atoms with van der Waals surface area (Å²) in [7, 11) is 0. The topological polar surface area (TPSA) is 121 Å². The third-order valence-corrected chi connectivity index (χ3v) is 0. The van der Waals surface area contributed by atoms with Crippen molar-refractivity contribution in [2.45, 2.75) is 79.8 Å². The predicted molar refractivity (Wildman–Crippen MR) is 67.0 cm³/mol. The second-order valence-electron chi connectivity index (χ2n) is 4.20. The summed E-state index contributed by atoms with van der Waals surface area (Å²) in [6.07, 6.45) is -1.67. The second kappa shape index (κ2) is 36.5. The molecule has 0 aromatic heterocycles. The summed E-state index contributed by atoms with van der Waals surface area (Å²) in [5.41, 5.74) is 0. The Kier molecular flexibility index (Phi) is 82.2. The third-order valence-electron chi connectivity index (χ3n) is 0. The average Bonchev–Trinajstić information content (AvgIpc) is 1.76. The summed E-state index contributed by atoms with van der Waals surface area (Å²) in [6, 6.07) is 0. The van der Waals surface area contributed by atoms with Gasteiger partial charge in [0.2, 0.25) is 0 Å². The fraction of sp³-hybridized carbons (Fsp3) is 1.00. The molecular formula is C12H28MgO5Ti. The van der Waals surface area contributed by atoms with Crippen LogP contribution in [0.15, 0.2) is 0 Å². The zero-order valence-corrected chi connectivity index (χ0v) is 16.5. The van der Waals surface area contributed by atoms with Crippen LogP contribution in [-0.4, -0.2) is 47.5 Å². The zero-order valence-electron chi connectivity index (χ0n) is 13.6. The minimum Gasteiger partial charge on any atom is -2.00 e. The van der Waals surface area contributed by atoms with Crippen molar-refractivity contribution in [3.8, 4) is 0 Å². The molecule has 0 rings (SSSR count). The molecule has 0 bridgehead atoms. The van der Waals surface area contributed by atoms with E-state index >= 15 is 0 Å². The number of hydrogen-bond acceptors (Lipinski definition) is 4. The summed E-state index contributed by atoms with van der Waals surface area (Å²) in [5, 5.41) is 38.1. The van der Waals surface area contributed by atoms with Gasteiger partial charge in [-0.15, -0.1) is 24.4 Å². The first-order valence-corrected chi connectivity index (χ1v) is 5.56. The molecule has 0 atom stereocenters. The summed E-state index contributed by atoms with van der Waals surface area (Å²) in [5.74, 6) is 0. The molecule has 0 aromatic carbocycles. The summed E-state index contributed by atoms with van der Waals surface area (Å²) in [4.78, 5) is 0. The molecule has 0 amide bonds. The number of hydrogen-bond donors (Lipinski definition) is 0. The third kappa shape index (κ3) is 3510. The Morgan fingerprint density at radius 2 is 0.474 bits per heavy atom. The summed E-state index contributed by atoms with van der Waals surface area (Å²) in [6.45, 7) is 12.9. The molecular weight excluding hydrogens is 296 g/mol. The molecule has 0 radical (unpaired) electrons. The van der Waals surface area contributed by atoms with E-state index in [0.29, 0.717) is 0 Å². The van der Waals surface area contributed by atoms with Crippen molar-refractivity contribution in [2.24, 2.45) is 0 Å². The largest absolute Gasteiger partial charge is 4.00 e. The van der Waals surface area contributed by atoms with Crippen molar-refractivity contribution in [1.29, 1.82) is 0 Å². The Bertz CT molecular complexity index is 69.1. The smallest absolute Gasteiger partial charge is 2.00 e. The van der Waals surface area contributed by atoms with E-state index in [1.807, 2.05) is 0 Å². The van der Waals surface area contributed by atoms with Gasteiger partial charge in [0, 0.05) is 0 Å². The van der Waals surface area contributed by atoms with Crippen LogP contribution in [0, 0.1) is 0 Å². The monoisotopic (exact) mass is 324 g/mol. The van der Waals surface area contributed by atoms with E-state index in [1.165, 1.54) is 0 Å². The predicted octanol–water partition coefficient (Wildman–Crippen LogP) is -1.48. The van der Waals surface area contributed by atoms with Crippen LogP contribution in [0.3, 0.4) is 0 Å². The molecule has 7 heteroatoms. The van der Waals surface area contributed by atoms with E-state index < -0.39 is 24.4 Å². The van der Waals surface area contributed by atoms with Crippen molar-refractivity contribution in [1.82, 2.24) is 0 Å². The Labute approximate surface area is 150 Å². The van der Waals surface area contributed by atoms with Crippen LogP contribution < -0.4 is 20.4 Å². The maximum absolute atomic E-state index is 9.53. The molecule has 0 N–H and O–H groups in total. The maximum Gasteiger partial charge on any atom is 4.00 e. The molecule has 112 valence electrons. The Hall–Kier alpha value is 1.28. The molecule has 0 saturated carbocycles. The standard InChI is InChI=1S/4C3H7O.Mg.O.Ti/c4*1-3(2)4;;;/h4*3H,1-2H3;;;/q4*-1;+2;-2;+4. The van der Waals surface area contributed by atoms with Gasteiger partial charge in [0.15, 0.2) is 0 Å². The first-order valence-electron chi connectivity index (χ1n) is 5.56. The molecule has 19 heavy (non-hydrogen) atoms. The van der Waals surface area contributed by atoms with Crippen molar-refractivity contribution in [3.05, 3.63) is 0 Å². The van der Waals surface area contributed by atoms with Gasteiger partial charge in [-0.1, -0.05) is 55.4 Å². The molecule has 0 aliphatic rings. The summed E-state index contributed by atoms with van der Waals surface area (Å²) < 4.78 is 0. The van der Waals surface area contributed by atoms with Crippen molar-refractivity contribution in [3.63, 3.8) is 0 Å². The van der Waals surface area contributed by atoms with Crippen LogP contribution in [0.1, 0.15) is 55.4 Å². The van der Waals surface area contributed by atoms with Crippen molar-refractivity contribution >= 4 is 23.1 Å². The van der Waals surface area contributed by atoms with Crippen LogP contribution in [0.5, 0.6) is 0 Å². The van der Waals surface area contributed by atoms with Crippen LogP contribution in [0.4, 0.5) is 0 Å². The molecule has 5 nitrogen and oxygen atoms in total. The normalized spacial score (nSPS) is 7.58. The fourth-order valence-corrected chi connectivity index (χ4v) is 0. The molecule has 0 aliphatic carbocycles. The molecule has 0 aromatic rings. The van der Waals surface area contributed by atoms with Gasteiger partial charge < -0.3 is 25.9 Å². The van der Waals surface area contributed by atoms with E-state index in [2.05, 4.69) is 0 Å². The first kappa shape index (κ1) is 42.7. The molecule has 0 unspecified atom stereocenters. The van der Waals surface area contributed by atoms with Crippen LogP contribution >= 0.6 is 0 Å². The molecule has 0 saturated heterocycles. The van der Waals surface area contributed by atoms with Gasteiger partial charge in [0.25, 0.3) is 0 Å².